The van der Waals surface area contributed by atoms with E-state index in [-0.39, 0.29) is 24.5 Å². The number of carbonyl (C=O) groups is 1. The summed E-state index contributed by atoms with van der Waals surface area (Å²) in [5.74, 6) is 0.369. The number of carbonyl (C=O) groups excluding carboxylic acids is 1. The summed E-state index contributed by atoms with van der Waals surface area (Å²) in [6.07, 6.45) is 4.21. The number of hydrogen-bond acceptors (Lipinski definition) is 7. The molecular weight excluding hydrogens is 389 g/mol. The molecule has 1 saturated heterocycles. The second kappa shape index (κ2) is 7.91. The van der Waals surface area contributed by atoms with Gasteiger partial charge in [0, 0.05) is 49.7 Å². The van der Waals surface area contributed by atoms with Crippen LogP contribution in [0.25, 0.3) is 5.57 Å². The molecule has 2 aliphatic heterocycles. The Morgan fingerprint density at radius 2 is 2.23 bits per heavy atom. The van der Waals surface area contributed by atoms with Crippen molar-refractivity contribution in [3.63, 3.8) is 0 Å². The van der Waals surface area contributed by atoms with E-state index in [0.29, 0.717) is 36.5 Å². The third kappa shape index (κ3) is 3.80. The smallest absolute Gasteiger partial charge is 0.261 e. The van der Waals surface area contributed by atoms with Gasteiger partial charge in [0.2, 0.25) is 0 Å². The standard InChI is InChI=1S/C21H24FN5O3/c1-21(12-28)9-13-7-16(17(8-18(13)30-21)27-6-3-14(22)11-27)26-20(29)15(10-23)19-24-4-2-5-25-19/h2,4-5,7-8,10,14,28H,3,6,9,11-12,23H2,1H3,(H,26,29)/t14-,21-/m0/s1. The lowest BCUT2D eigenvalue weighted by Gasteiger charge is -2.23. The number of rotatable bonds is 5. The van der Waals surface area contributed by atoms with E-state index in [4.69, 9.17) is 10.5 Å². The minimum atomic E-state index is -0.928. The number of hydrogen-bond donors (Lipinski definition) is 3. The highest BCUT2D eigenvalue weighted by Crippen LogP contribution is 2.42. The number of alkyl halides is 1. The summed E-state index contributed by atoms with van der Waals surface area (Å²) in [5.41, 5.74) is 7.11. The highest BCUT2D eigenvalue weighted by Gasteiger charge is 2.36. The summed E-state index contributed by atoms with van der Waals surface area (Å²) in [6, 6.07) is 5.26. The van der Waals surface area contributed by atoms with Gasteiger partial charge >= 0.3 is 0 Å². The summed E-state index contributed by atoms with van der Waals surface area (Å²) in [7, 11) is 0. The monoisotopic (exact) mass is 413 g/mol. The molecule has 1 aromatic heterocycles. The molecule has 2 aliphatic rings. The lowest BCUT2D eigenvalue weighted by Crippen LogP contribution is -2.34. The van der Waals surface area contributed by atoms with E-state index in [9.17, 15) is 14.3 Å². The van der Waals surface area contributed by atoms with E-state index in [1.165, 1.54) is 12.4 Å². The number of ether oxygens (including phenoxy) is 1. The third-order valence-corrected chi connectivity index (χ3v) is 5.37. The van der Waals surface area contributed by atoms with Gasteiger partial charge in [0.25, 0.3) is 5.91 Å². The first-order chi connectivity index (χ1) is 14.4. The van der Waals surface area contributed by atoms with Gasteiger partial charge in [0.05, 0.1) is 23.6 Å². The lowest BCUT2D eigenvalue weighted by atomic mass is 9.99. The van der Waals surface area contributed by atoms with Gasteiger partial charge in [-0.3, -0.25) is 4.79 Å². The van der Waals surface area contributed by atoms with E-state index in [2.05, 4.69) is 15.3 Å². The number of amides is 1. The van der Waals surface area contributed by atoms with Crippen LogP contribution in [-0.2, 0) is 11.2 Å². The van der Waals surface area contributed by atoms with Gasteiger partial charge in [-0.2, -0.15) is 0 Å². The molecule has 0 unspecified atom stereocenters. The zero-order valence-electron chi connectivity index (χ0n) is 16.6. The number of nitrogens with zero attached hydrogens (tertiary/aromatic N) is 3. The number of benzene rings is 1. The van der Waals surface area contributed by atoms with Crippen LogP contribution in [0.15, 0.2) is 36.8 Å². The van der Waals surface area contributed by atoms with Gasteiger partial charge in [-0.05, 0) is 25.5 Å². The molecule has 4 N–H and O–H groups in total. The summed E-state index contributed by atoms with van der Waals surface area (Å²) < 4.78 is 19.8. The fourth-order valence-corrected chi connectivity index (χ4v) is 3.82. The number of aliphatic hydroxyl groups is 1. The highest BCUT2D eigenvalue weighted by molar-refractivity contribution is 6.24. The summed E-state index contributed by atoms with van der Waals surface area (Å²) >= 11 is 0. The number of aliphatic hydroxyl groups excluding tert-OH is 1. The summed E-state index contributed by atoms with van der Waals surface area (Å²) in [6.45, 7) is 2.45. The summed E-state index contributed by atoms with van der Waals surface area (Å²) in [4.78, 5) is 23.0. The highest BCUT2D eigenvalue weighted by atomic mass is 19.1. The van der Waals surface area contributed by atoms with Crippen LogP contribution in [-0.4, -0.2) is 52.5 Å². The number of anilines is 2. The fourth-order valence-electron chi connectivity index (χ4n) is 3.82. The number of halogens is 1. The largest absolute Gasteiger partial charge is 0.484 e. The topological polar surface area (TPSA) is 114 Å². The Labute approximate surface area is 173 Å². The number of nitrogens with two attached hydrogens (primary N) is 1. The van der Waals surface area contributed by atoms with Gasteiger partial charge in [0.1, 0.15) is 17.5 Å². The van der Waals surface area contributed by atoms with Crippen LogP contribution in [0.4, 0.5) is 15.8 Å². The Hall–Kier alpha value is -3.20. The Kier molecular flexibility index (Phi) is 5.29. The molecule has 0 saturated carbocycles. The average molecular weight is 413 g/mol. The van der Waals surface area contributed by atoms with E-state index in [0.717, 1.165) is 11.8 Å². The van der Waals surface area contributed by atoms with Crippen LogP contribution in [0.1, 0.15) is 24.7 Å². The molecular formula is C21H24FN5O3. The van der Waals surface area contributed by atoms with Gasteiger partial charge in [-0.15, -0.1) is 0 Å². The molecule has 0 radical (unpaired) electrons. The van der Waals surface area contributed by atoms with Crippen molar-refractivity contribution in [2.45, 2.75) is 31.5 Å². The molecule has 1 fully saturated rings. The zero-order valence-corrected chi connectivity index (χ0v) is 16.6. The molecule has 1 amide bonds. The third-order valence-electron chi connectivity index (χ3n) is 5.37. The normalized spacial score (nSPS) is 23.2. The minimum Gasteiger partial charge on any atom is -0.484 e. The first kappa shape index (κ1) is 20.1. The number of fused-ring (bicyclic) bond motifs is 1. The van der Waals surface area contributed by atoms with E-state index >= 15 is 0 Å². The average Bonchev–Trinajstić information content (AvgIpc) is 3.31. The van der Waals surface area contributed by atoms with Crippen molar-refractivity contribution in [2.24, 2.45) is 5.73 Å². The molecule has 9 heteroatoms. The molecule has 3 heterocycles. The molecule has 30 heavy (non-hydrogen) atoms. The molecule has 0 aliphatic carbocycles. The van der Waals surface area contributed by atoms with Crippen molar-refractivity contribution in [3.05, 3.63) is 48.2 Å². The molecule has 2 atom stereocenters. The van der Waals surface area contributed by atoms with Crippen molar-refractivity contribution in [3.8, 4) is 5.75 Å². The van der Waals surface area contributed by atoms with Crippen LogP contribution < -0.4 is 20.7 Å². The molecule has 158 valence electrons. The molecule has 8 nitrogen and oxygen atoms in total. The van der Waals surface area contributed by atoms with Crippen LogP contribution in [0.3, 0.4) is 0 Å². The Balaban J connectivity index is 1.68. The van der Waals surface area contributed by atoms with Crippen LogP contribution >= 0.6 is 0 Å². The molecule has 0 spiro atoms. The number of nitrogens with one attached hydrogen (secondary N) is 1. The maximum absolute atomic E-state index is 13.9. The second-order valence-corrected chi connectivity index (χ2v) is 7.80. The van der Waals surface area contributed by atoms with Crippen molar-refractivity contribution in [2.75, 3.05) is 29.9 Å². The quantitative estimate of drug-likeness (QED) is 0.639. The minimum absolute atomic E-state index is 0.128. The van der Waals surface area contributed by atoms with Crippen molar-refractivity contribution in [1.29, 1.82) is 0 Å². The Bertz CT molecular complexity index is 984. The van der Waals surface area contributed by atoms with E-state index in [1.807, 2.05) is 17.9 Å². The zero-order chi connectivity index (χ0) is 21.3. The Morgan fingerprint density at radius 3 is 2.87 bits per heavy atom. The van der Waals surface area contributed by atoms with Crippen LogP contribution in [0, 0.1) is 0 Å². The second-order valence-electron chi connectivity index (χ2n) is 7.80. The summed E-state index contributed by atoms with van der Waals surface area (Å²) in [5, 5.41) is 12.5. The molecule has 2 aromatic rings. The van der Waals surface area contributed by atoms with Gasteiger partial charge in [-0.1, -0.05) is 0 Å². The predicted octanol–water partition coefficient (Wildman–Crippen LogP) is 1.65. The van der Waals surface area contributed by atoms with Gasteiger partial charge < -0.3 is 25.8 Å². The van der Waals surface area contributed by atoms with Crippen LogP contribution in [0.2, 0.25) is 0 Å². The lowest BCUT2D eigenvalue weighted by molar-refractivity contribution is -0.111. The predicted molar refractivity (Wildman–Crippen MR) is 111 cm³/mol. The SMILES string of the molecule is C[C@@]1(CO)Cc2cc(NC(=O)C(=CN)c3ncccn3)c(N3CC[C@H](F)C3)cc2O1. The van der Waals surface area contributed by atoms with E-state index in [1.54, 1.807) is 12.1 Å². The Morgan fingerprint density at radius 1 is 1.47 bits per heavy atom. The fraction of sp³-hybridized carbons (Fsp3) is 0.381. The molecule has 0 bridgehead atoms. The maximum Gasteiger partial charge on any atom is 0.261 e. The first-order valence-electron chi connectivity index (χ1n) is 9.79. The van der Waals surface area contributed by atoms with Gasteiger partial charge in [-0.25, -0.2) is 14.4 Å². The molecule has 4 rings (SSSR count). The first-order valence-corrected chi connectivity index (χ1v) is 9.79. The van der Waals surface area contributed by atoms with Gasteiger partial charge in [0.15, 0.2) is 5.82 Å². The van der Waals surface area contributed by atoms with E-state index < -0.39 is 17.7 Å². The molecule has 1 aromatic carbocycles. The van der Waals surface area contributed by atoms with Crippen molar-refractivity contribution < 1.29 is 19.0 Å². The van der Waals surface area contributed by atoms with Crippen molar-refractivity contribution >= 4 is 22.9 Å². The number of aromatic nitrogens is 2. The van der Waals surface area contributed by atoms with Crippen molar-refractivity contribution in [1.82, 2.24) is 9.97 Å². The maximum atomic E-state index is 13.9. The van der Waals surface area contributed by atoms with Crippen LogP contribution in [0.5, 0.6) is 5.75 Å².